The Hall–Kier alpha value is -5.63. The second kappa shape index (κ2) is 11.8. The highest BCUT2D eigenvalue weighted by Crippen LogP contribution is 2.56. The second-order valence-corrected chi connectivity index (χ2v) is 12.7. The molecule has 0 bridgehead atoms. The van der Waals surface area contributed by atoms with E-state index in [-0.39, 0.29) is 28.2 Å². The third-order valence-corrected chi connectivity index (χ3v) is 9.82. The number of phenols is 1. The number of amides is 2. The number of benzene rings is 3. The lowest BCUT2D eigenvalue weighted by molar-refractivity contribution is -0.169. The number of carbonyl (C=O) groups is 5. The Labute approximate surface area is 279 Å². The zero-order valence-corrected chi connectivity index (χ0v) is 26.5. The Balaban J connectivity index is 1.38. The molecule has 2 amide bonds. The number of likely N-dealkylation sites (N-methyl/N-ethyl adjacent to an activating group) is 1. The lowest BCUT2D eigenvalue weighted by atomic mass is 9.54. The maximum absolute atomic E-state index is 14.2. The summed E-state index contributed by atoms with van der Waals surface area (Å²) in [6.07, 6.45) is -1.73. The van der Waals surface area contributed by atoms with Crippen molar-refractivity contribution in [2.45, 2.75) is 30.6 Å². The second-order valence-electron chi connectivity index (χ2n) is 12.7. The minimum Gasteiger partial charge on any atom is -0.508 e. The van der Waals surface area contributed by atoms with E-state index in [1.54, 1.807) is 37.3 Å². The smallest absolute Gasteiger partial charge is 0.255 e. The van der Waals surface area contributed by atoms with E-state index in [4.69, 9.17) is 5.73 Å². The molecule has 0 spiro atoms. The van der Waals surface area contributed by atoms with E-state index in [0.717, 1.165) is 0 Å². The van der Waals surface area contributed by atoms with Crippen molar-refractivity contribution >= 4 is 40.6 Å². The summed E-state index contributed by atoms with van der Waals surface area (Å²) in [6.45, 7) is 1.60. The van der Waals surface area contributed by atoms with Gasteiger partial charge in [-0.15, -0.1) is 0 Å². The van der Waals surface area contributed by atoms with E-state index < -0.39 is 87.3 Å². The minimum absolute atomic E-state index is 0.145. The average Bonchev–Trinajstić information content (AvgIpc) is 3.07. The molecule has 3 aliphatic rings. The Morgan fingerprint density at radius 2 is 1.47 bits per heavy atom. The first-order chi connectivity index (χ1) is 23.1. The summed E-state index contributed by atoms with van der Waals surface area (Å²) < 4.78 is 0. The largest absolute Gasteiger partial charge is 0.508 e. The summed E-state index contributed by atoms with van der Waals surface area (Å²) in [7, 11) is 2.85. The Kier molecular flexibility index (Phi) is 8.02. The molecule has 1 fully saturated rings. The van der Waals surface area contributed by atoms with Crippen molar-refractivity contribution in [2.75, 3.05) is 19.4 Å². The van der Waals surface area contributed by atoms with Crippen LogP contribution in [0.1, 0.15) is 50.2 Å². The fourth-order valence-electron chi connectivity index (χ4n) is 7.44. The molecule has 8 N–H and O–H groups in total. The number of nitrogens with two attached hydrogens (primary N) is 1. The number of Topliss-reactive ketones (excluding diaryl/α,β-unsaturated/α-hetero) is 2. The number of nitrogens with one attached hydrogen (secondary N) is 1. The van der Waals surface area contributed by atoms with E-state index in [1.165, 1.54) is 55.4 Å². The molecule has 49 heavy (non-hydrogen) atoms. The van der Waals surface area contributed by atoms with Crippen molar-refractivity contribution in [1.29, 1.82) is 0 Å². The van der Waals surface area contributed by atoms with Gasteiger partial charge in [-0.2, -0.15) is 0 Å². The first kappa shape index (κ1) is 33.3. The molecule has 0 saturated heterocycles. The van der Waals surface area contributed by atoms with Crippen LogP contribution in [-0.2, 0) is 14.4 Å². The van der Waals surface area contributed by atoms with E-state index in [9.17, 15) is 49.5 Å². The summed E-state index contributed by atoms with van der Waals surface area (Å²) in [5.74, 6) is -11.1. The number of phenolic OH excluding ortho intramolecular Hbond substituents is 1. The van der Waals surface area contributed by atoms with Crippen molar-refractivity contribution in [3.63, 3.8) is 0 Å². The van der Waals surface area contributed by atoms with Gasteiger partial charge in [0.15, 0.2) is 17.2 Å². The van der Waals surface area contributed by atoms with Crippen LogP contribution in [0.5, 0.6) is 5.75 Å². The lowest BCUT2D eigenvalue weighted by Crippen LogP contribution is -2.70. The summed E-state index contributed by atoms with van der Waals surface area (Å²) in [5, 5.41) is 60.1. The van der Waals surface area contributed by atoms with Gasteiger partial charge in [-0.1, -0.05) is 55.5 Å². The molecular formula is C36H33N3O10. The third-order valence-electron chi connectivity index (χ3n) is 9.82. The highest BCUT2D eigenvalue weighted by molar-refractivity contribution is 6.24. The van der Waals surface area contributed by atoms with Crippen LogP contribution < -0.4 is 11.1 Å². The fourth-order valence-corrected chi connectivity index (χ4v) is 7.44. The van der Waals surface area contributed by atoms with Crippen LogP contribution in [0.15, 0.2) is 83.6 Å². The number of hydrogen-bond acceptors (Lipinski definition) is 11. The predicted octanol–water partition coefficient (Wildman–Crippen LogP) is 1.98. The standard InChI is InChI=1S/C36H33N3O10/c1-15-19-13-14-20(38-35(48)18-11-9-17(10-12-18)27(40)16-7-5-4-6-8-16)28(41)22(19)29(42)23-21(15)30(43)25-26(39(2)3)31(44)24(34(37)47)33(46)36(25,49)32(23)45/h4-15,21,25-26,30,41-43,46,49H,1-3H3,(H2,37,47)(H,38,48). The Bertz CT molecular complexity index is 2020. The van der Waals surface area contributed by atoms with E-state index in [2.05, 4.69) is 5.32 Å². The zero-order chi connectivity index (χ0) is 35.7. The van der Waals surface area contributed by atoms with Gasteiger partial charge in [-0.05, 0) is 43.8 Å². The van der Waals surface area contributed by atoms with Crippen molar-refractivity contribution in [3.8, 4) is 5.75 Å². The molecule has 6 unspecified atom stereocenters. The van der Waals surface area contributed by atoms with Gasteiger partial charge in [0.05, 0.1) is 29.3 Å². The maximum Gasteiger partial charge on any atom is 0.255 e. The Morgan fingerprint density at radius 1 is 0.878 bits per heavy atom. The molecule has 13 heteroatoms. The molecule has 1 saturated carbocycles. The van der Waals surface area contributed by atoms with Crippen LogP contribution in [-0.4, -0.2) is 91.4 Å². The van der Waals surface area contributed by atoms with E-state index in [0.29, 0.717) is 11.1 Å². The maximum atomic E-state index is 14.2. The van der Waals surface area contributed by atoms with Gasteiger partial charge in [0.2, 0.25) is 5.78 Å². The molecule has 0 aromatic heterocycles. The molecule has 0 aliphatic heterocycles. The van der Waals surface area contributed by atoms with Gasteiger partial charge in [-0.3, -0.25) is 28.9 Å². The number of nitrogens with zero attached hydrogens (tertiary/aromatic N) is 1. The van der Waals surface area contributed by atoms with Crippen LogP contribution in [0, 0.1) is 11.8 Å². The molecule has 6 atom stereocenters. The molecule has 252 valence electrons. The van der Waals surface area contributed by atoms with E-state index >= 15 is 0 Å². The quantitative estimate of drug-likeness (QED) is 0.114. The molecule has 3 aromatic rings. The molecule has 6 rings (SSSR count). The number of primary amides is 1. The van der Waals surface area contributed by atoms with Gasteiger partial charge in [-0.25, -0.2) is 0 Å². The van der Waals surface area contributed by atoms with Crippen molar-refractivity contribution in [3.05, 3.63) is 111 Å². The van der Waals surface area contributed by atoms with Crippen molar-refractivity contribution in [1.82, 2.24) is 4.90 Å². The van der Waals surface area contributed by atoms with Crippen LogP contribution >= 0.6 is 0 Å². The number of anilines is 1. The van der Waals surface area contributed by atoms with Crippen LogP contribution in [0.3, 0.4) is 0 Å². The predicted molar refractivity (Wildman–Crippen MR) is 175 cm³/mol. The van der Waals surface area contributed by atoms with E-state index in [1.807, 2.05) is 0 Å². The van der Waals surface area contributed by atoms with Crippen LogP contribution in [0.4, 0.5) is 5.69 Å². The van der Waals surface area contributed by atoms with Gasteiger partial charge in [0, 0.05) is 28.2 Å². The van der Waals surface area contributed by atoms with Crippen LogP contribution in [0.25, 0.3) is 5.76 Å². The fraction of sp³-hybridized carbons (Fsp3) is 0.250. The molecule has 0 radical (unpaired) electrons. The number of fused-ring (bicyclic) bond motifs is 3. The number of aliphatic hydroxyl groups is 4. The summed E-state index contributed by atoms with van der Waals surface area (Å²) in [4.78, 5) is 66.9. The molecule has 13 nitrogen and oxygen atoms in total. The number of aromatic hydroxyl groups is 1. The highest BCUT2D eigenvalue weighted by atomic mass is 16.4. The number of aliphatic hydroxyl groups excluding tert-OH is 3. The van der Waals surface area contributed by atoms with Gasteiger partial charge < -0.3 is 36.6 Å². The topological polar surface area (TPSA) is 228 Å². The molecular weight excluding hydrogens is 634 g/mol. The average molecular weight is 668 g/mol. The van der Waals surface area contributed by atoms with Gasteiger partial charge >= 0.3 is 0 Å². The first-order valence-corrected chi connectivity index (χ1v) is 15.3. The number of hydrogen-bond donors (Lipinski definition) is 7. The third kappa shape index (κ3) is 4.85. The highest BCUT2D eigenvalue weighted by Gasteiger charge is 2.68. The number of carbonyl (C=O) groups excluding carboxylic acids is 5. The molecule has 3 aromatic carbocycles. The van der Waals surface area contributed by atoms with Crippen molar-refractivity contribution in [2.24, 2.45) is 17.6 Å². The summed E-state index contributed by atoms with van der Waals surface area (Å²) in [6, 6.07) is 15.8. The number of rotatable bonds is 6. The first-order valence-electron chi connectivity index (χ1n) is 15.3. The molecule has 3 aliphatic carbocycles. The van der Waals surface area contributed by atoms with Crippen molar-refractivity contribution < 1.29 is 49.5 Å². The SMILES string of the molecule is CC1c2ccc(NC(=O)c3ccc(C(=O)c4ccccc4)cc3)c(O)c2C(O)=C2C(=O)C3(O)C(O)=C(C(N)=O)C(=O)C(N(C)C)C3C(O)C21. The monoisotopic (exact) mass is 667 g/mol. The Morgan fingerprint density at radius 3 is 2.06 bits per heavy atom. The molecule has 0 heterocycles. The minimum atomic E-state index is -3.04. The number of ketones is 3. The summed E-state index contributed by atoms with van der Waals surface area (Å²) >= 11 is 0. The lowest BCUT2D eigenvalue weighted by Gasteiger charge is -2.53. The zero-order valence-electron chi connectivity index (χ0n) is 26.5. The van der Waals surface area contributed by atoms with Crippen LogP contribution in [0.2, 0.25) is 0 Å². The van der Waals surface area contributed by atoms with Gasteiger partial charge in [0.25, 0.3) is 11.8 Å². The summed E-state index contributed by atoms with van der Waals surface area (Å²) in [5.41, 5.74) is 1.59. The van der Waals surface area contributed by atoms with Gasteiger partial charge in [0.1, 0.15) is 22.8 Å². The normalized spacial score (nSPS) is 26.2.